The quantitative estimate of drug-likeness (QED) is 0.933. The van der Waals surface area contributed by atoms with Crippen LogP contribution in [0.1, 0.15) is 47.1 Å². The number of hydrogen-bond acceptors (Lipinski definition) is 3. The topological polar surface area (TPSA) is 37.8 Å². The molecule has 3 nitrogen and oxygen atoms in total. The van der Waals surface area contributed by atoms with Gasteiger partial charge in [0.2, 0.25) is 0 Å². The van der Waals surface area contributed by atoms with Gasteiger partial charge in [-0.3, -0.25) is 0 Å². The standard InChI is InChI=1S/C16H15Cl2N3/c17-12-2-1-3-13(18)10(12)6-15-20-14-8-19-7-11(14)16(21-15)9-4-5-9/h1-3,9,19H,4-8H2. The minimum absolute atomic E-state index is 0.589. The van der Waals surface area contributed by atoms with E-state index >= 15 is 0 Å². The maximum atomic E-state index is 6.26. The van der Waals surface area contributed by atoms with Gasteiger partial charge in [0, 0.05) is 41.0 Å². The third-order valence-corrected chi connectivity index (χ3v) is 4.83. The molecule has 1 saturated carbocycles. The lowest BCUT2D eigenvalue weighted by Crippen LogP contribution is -2.06. The third kappa shape index (κ3) is 2.54. The molecule has 5 heteroatoms. The molecule has 0 saturated heterocycles. The fourth-order valence-electron chi connectivity index (χ4n) is 2.88. The first-order chi connectivity index (χ1) is 10.2. The molecule has 108 valence electrons. The molecule has 0 amide bonds. The molecule has 0 spiro atoms. The predicted octanol–water partition coefficient (Wildman–Crippen LogP) is 3.85. The first kappa shape index (κ1) is 13.5. The predicted molar refractivity (Wildman–Crippen MR) is 83.8 cm³/mol. The first-order valence-corrected chi connectivity index (χ1v) is 8.00. The Hall–Kier alpha value is -1.16. The van der Waals surface area contributed by atoms with Crippen LogP contribution in [0.25, 0.3) is 0 Å². The lowest BCUT2D eigenvalue weighted by Gasteiger charge is -2.10. The Morgan fingerprint density at radius 3 is 2.57 bits per heavy atom. The summed E-state index contributed by atoms with van der Waals surface area (Å²) in [5.41, 5.74) is 4.60. The highest BCUT2D eigenvalue weighted by molar-refractivity contribution is 6.36. The molecule has 2 aromatic rings. The van der Waals surface area contributed by atoms with Crippen molar-refractivity contribution in [3.63, 3.8) is 0 Å². The van der Waals surface area contributed by atoms with Crippen LogP contribution in [-0.4, -0.2) is 9.97 Å². The molecule has 1 N–H and O–H groups in total. The minimum atomic E-state index is 0.589. The molecule has 0 bridgehead atoms. The summed E-state index contributed by atoms with van der Waals surface area (Å²) in [6, 6.07) is 5.58. The number of halogens is 2. The van der Waals surface area contributed by atoms with Gasteiger partial charge in [-0.2, -0.15) is 0 Å². The molecule has 2 aliphatic rings. The Balaban J connectivity index is 1.74. The highest BCUT2D eigenvalue weighted by Gasteiger charge is 2.31. The molecule has 1 aliphatic carbocycles. The fourth-order valence-corrected chi connectivity index (χ4v) is 3.41. The van der Waals surface area contributed by atoms with E-state index in [1.165, 1.54) is 24.1 Å². The maximum Gasteiger partial charge on any atom is 0.133 e. The highest BCUT2D eigenvalue weighted by Crippen LogP contribution is 2.42. The molecule has 4 rings (SSSR count). The van der Waals surface area contributed by atoms with E-state index in [4.69, 9.17) is 33.2 Å². The van der Waals surface area contributed by atoms with Crippen molar-refractivity contribution in [3.05, 3.63) is 56.6 Å². The number of benzene rings is 1. The lowest BCUT2D eigenvalue weighted by molar-refractivity contribution is 0.754. The van der Waals surface area contributed by atoms with Crippen LogP contribution in [0.4, 0.5) is 0 Å². The second-order valence-corrected chi connectivity index (χ2v) is 6.52. The summed E-state index contributed by atoms with van der Waals surface area (Å²) in [5.74, 6) is 1.46. The zero-order chi connectivity index (χ0) is 14.4. The number of nitrogens with one attached hydrogen (secondary N) is 1. The fraction of sp³-hybridized carbons (Fsp3) is 0.375. The Bertz CT molecular complexity index is 691. The summed E-state index contributed by atoms with van der Waals surface area (Å²) in [6.45, 7) is 1.73. The average molecular weight is 320 g/mol. The monoisotopic (exact) mass is 319 g/mol. The summed E-state index contributed by atoms with van der Waals surface area (Å²) in [6.07, 6.45) is 3.08. The smallest absolute Gasteiger partial charge is 0.133 e. The van der Waals surface area contributed by atoms with Gasteiger partial charge in [-0.25, -0.2) is 9.97 Å². The maximum absolute atomic E-state index is 6.26. The average Bonchev–Trinajstić information content (AvgIpc) is 3.20. The minimum Gasteiger partial charge on any atom is -0.307 e. The molecule has 1 aliphatic heterocycles. The molecule has 1 aromatic heterocycles. The van der Waals surface area contributed by atoms with Gasteiger partial charge in [-0.1, -0.05) is 29.3 Å². The van der Waals surface area contributed by atoms with E-state index in [2.05, 4.69) is 5.32 Å². The van der Waals surface area contributed by atoms with E-state index in [-0.39, 0.29) is 0 Å². The Morgan fingerprint density at radius 1 is 1.10 bits per heavy atom. The van der Waals surface area contributed by atoms with Gasteiger partial charge in [-0.05, 0) is 30.5 Å². The van der Waals surface area contributed by atoms with Gasteiger partial charge in [0.05, 0.1) is 11.4 Å². The summed E-state index contributed by atoms with van der Waals surface area (Å²) < 4.78 is 0. The normalized spacial score (nSPS) is 17.0. The second-order valence-electron chi connectivity index (χ2n) is 5.71. The largest absolute Gasteiger partial charge is 0.307 e. The van der Waals surface area contributed by atoms with E-state index < -0.39 is 0 Å². The molecule has 0 unspecified atom stereocenters. The van der Waals surface area contributed by atoms with E-state index in [0.29, 0.717) is 22.4 Å². The SMILES string of the molecule is Clc1cccc(Cl)c1Cc1nc2c(c(C3CC3)n1)CNC2. The summed E-state index contributed by atoms with van der Waals surface area (Å²) in [5, 5.41) is 4.73. The number of fused-ring (bicyclic) bond motifs is 1. The van der Waals surface area contributed by atoms with E-state index in [1.807, 2.05) is 18.2 Å². The molecule has 1 aromatic carbocycles. The zero-order valence-corrected chi connectivity index (χ0v) is 13.0. The highest BCUT2D eigenvalue weighted by atomic mass is 35.5. The first-order valence-electron chi connectivity index (χ1n) is 7.24. The molecular weight excluding hydrogens is 305 g/mol. The summed E-state index contributed by atoms with van der Waals surface area (Å²) >= 11 is 12.5. The van der Waals surface area contributed by atoms with Crippen molar-refractivity contribution < 1.29 is 0 Å². The Kier molecular flexibility index (Phi) is 3.37. The van der Waals surface area contributed by atoms with Gasteiger partial charge in [0.1, 0.15) is 5.82 Å². The summed E-state index contributed by atoms with van der Waals surface area (Å²) in [4.78, 5) is 9.53. The number of hydrogen-bond donors (Lipinski definition) is 1. The summed E-state index contributed by atoms with van der Waals surface area (Å²) in [7, 11) is 0. The second kappa shape index (κ2) is 5.24. The van der Waals surface area contributed by atoms with Crippen LogP contribution in [0.5, 0.6) is 0 Å². The molecular formula is C16H15Cl2N3. The molecule has 0 atom stereocenters. The molecule has 21 heavy (non-hydrogen) atoms. The molecule has 2 heterocycles. The van der Waals surface area contributed by atoms with E-state index in [0.717, 1.165) is 30.2 Å². The van der Waals surface area contributed by atoms with Crippen molar-refractivity contribution in [2.75, 3.05) is 0 Å². The van der Waals surface area contributed by atoms with Crippen molar-refractivity contribution >= 4 is 23.2 Å². The lowest BCUT2D eigenvalue weighted by atomic mass is 10.1. The van der Waals surface area contributed by atoms with E-state index in [9.17, 15) is 0 Å². The molecule has 1 fully saturated rings. The zero-order valence-electron chi connectivity index (χ0n) is 11.5. The van der Waals surface area contributed by atoms with Gasteiger partial charge >= 0.3 is 0 Å². The van der Waals surface area contributed by atoms with Crippen LogP contribution in [0.3, 0.4) is 0 Å². The Labute approximate surface area is 133 Å². The third-order valence-electron chi connectivity index (χ3n) is 4.13. The van der Waals surface area contributed by atoms with Crippen molar-refractivity contribution in [3.8, 4) is 0 Å². The van der Waals surface area contributed by atoms with E-state index in [1.54, 1.807) is 0 Å². The van der Waals surface area contributed by atoms with Crippen LogP contribution in [0.2, 0.25) is 10.0 Å². The molecule has 0 radical (unpaired) electrons. The van der Waals surface area contributed by atoms with Crippen molar-refractivity contribution in [1.82, 2.24) is 15.3 Å². The van der Waals surface area contributed by atoms with Crippen molar-refractivity contribution in [1.29, 1.82) is 0 Å². The van der Waals surface area contributed by atoms with Gasteiger partial charge in [0.25, 0.3) is 0 Å². The number of nitrogens with zero attached hydrogens (tertiary/aromatic N) is 2. The Morgan fingerprint density at radius 2 is 1.86 bits per heavy atom. The van der Waals surface area contributed by atoms with Gasteiger partial charge in [-0.15, -0.1) is 0 Å². The van der Waals surface area contributed by atoms with Crippen molar-refractivity contribution in [2.45, 2.75) is 38.3 Å². The van der Waals surface area contributed by atoms with Crippen LogP contribution in [0.15, 0.2) is 18.2 Å². The van der Waals surface area contributed by atoms with Crippen LogP contribution < -0.4 is 5.32 Å². The van der Waals surface area contributed by atoms with Crippen LogP contribution in [0, 0.1) is 0 Å². The van der Waals surface area contributed by atoms with Crippen LogP contribution in [-0.2, 0) is 19.5 Å². The van der Waals surface area contributed by atoms with Crippen LogP contribution >= 0.6 is 23.2 Å². The number of aromatic nitrogens is 2. The van der Waals surface area contributed by atoms with Crippen molar-refractivity contribution in [2.24, 2.45) is 0 Å². The number of rotatable bonds is 3. The van der Waals surface area contributed by atoms with Gasteiger partial charge < -0.3 is 5.32 Å². The van der Waals surface area contributed by atoms with Gasteiger partial charge in [0.15, 0.2) is 0 Å².